The Morgan fingerprint density at radius 1 is 0.871 bits per heavy atom. The van der Waals surface area contributed by atoms with E-state index in [0.29, 0.717) is 11.6 Å². The van der Waals surface area contributed by atoms with Crippen LogP contribution in [0.25, 0.3) is 10.9 Å². The number of nitrogens with one attached hydrogen (secondary N) is 1. The zero-order valence-electron chi connectivity index (χ0n) is 17.2. The van der Waals surface area contributed by atoms with Crippen LogP contribution in [0.1, 0.15) is 42.9 Å². The van der Waals surface area contributed by atoms with E-state index in [-0.39, 0.29) is 11.8 Å². The Hall–Kier alpha value is -3.60. The largest absolute Gasteiger partial charge is 0.505 e. The van der Waals surface area contributed by atoms with Crippen LogP contribution in [0.4, 0.5) is 5.82 Å². The molecule has 0 spiro atoms. The zero-order valence-corrected chi connectivity index (χ0v) is 17.2. The summed E-state index contributed by atoms with van der Waals surface area (Å²) in [6.07, 6.45) is 8.51. The number of aromatic nitrogens is 2. The van der Waals surface area contributed by atoms with Gasteiger partial charge >= 0.3 is 0 Å². The van der Waals surface area contributed by atoms with Crippen LogP contribution < -0.4 is 10.1 Å². The van der Waals surface area contributed by atoms with Gasteiger partial charge in [0.05, 0.1) is 12.1 Å². The average molecular weight is 412 g/mol. The van der Waals surface area contributed by atoms with Crippen molar-refractivity contribution in [2.45, 2.75) is 37.8 Å². The third-order valence-corrected chi connectivity index (χ3v) is 5.87. The molecule has 1 aliphatic carbocycles. The van der Waals surface area contributed by atoms with Crippen molar-refractivity contribution in [1.29, 1.82) is 0 Å². The molecule has 31 heavy (non-hydrogen) atoms. The van der Waals surface area contributed by atoms with Crippen molar-refractivity contribution in [3.63, 3.8) is 0 Å². The normalized spacial score (nSPS) is 15.1. The first-order chi connectivity index (χ1) is 15.3. The van der Waals surface area contributed by atoms with Gasteiger partial charge in [0.15, 0.2) is 0 Å². The maximum Gasteiger partial charge on any atom is 0.147 e. The molecule has 5 heteroatoms. The molecular weight excluding hydrogens is 386 g/mol. The SMILES string of the molecule is Oc1c([C@H](Nc2ccccn2)c2ccc(OC3CCCC3)cc2)ccc2cccnc12. The highest BCUT2D eigenvalue weighted by atomic mass is 16.5. The van der Waals surface area contributed by atoms with Gasteiger partial charge in [0.1, 0.15) is 22.8 Å². The average Bonchev–Trinajstić information content (AvgIpc) is 3.33. The predicted molar refractivity (Wildman–Crippen MR) is 122 cm³/mol. The standard InChI is InChI=1S/C26H25N3O2/c30-26-22(15-12-18-6-5-17-28-25(18)26)24(29-23-9-3-4-16-27-23)19-10-13-21(14-11-19)31-20-7-1-2-8-20/h3-6,9-17,20,24,30H,1-2,7-8H2,(H,27,29)/t24-/m1/s1. The lowest BCUT2D eigenvalue weighted by Crippen LogP contribution is -2.14. The van der Waals surface area contributed by atoms with Crippen LogP contribution in [0.15, 0.2) is 79.1 Å². The maximum atomic E-state index is 11.1. The van der Waals surface area contributed by atoms with Gasteiger partial charge in [0, 0.05) is 23.3 Å². The van der Waals surface area contributed by atoms with Gasteiger partial charge in [0.2, 0.25) is 0 Å². The third kappa shape index (κ3) is 4.17. The second-order valence-electron chi connectivity index (χ2n) is 7.96. The first-order valence-corrected chi connectivity index (χ1v) is 10.8. The Bertz CT molecular complexity index is 1160. The van der Waals surface area contributed by atoms with Crippen LogP contribution in [-0.4, -0.2) is 21.2 Å². The van der Waals surface area contributed by atoms with Crippen LogP contribution in [0.5, 0.6) is 11.5 Å². The van der Waals surface area contributed by atoms with E-state index in [1.807, 2.05) is 66.7 Å². The molecule has 0 unspecified atom stereocenters. The number of pyridine rings is 2. The molecular formula is C26H25N3O2. The molecule has 0 aliphatic heterocycles. The lowest BCUT2D eigenvalue weighted by atomic mass is 9.96. The zero-order chi connectivity index (χ0) is 21.0. The van der Waals surface area contributed by atoms with Gasteiger partial charge in [-0.2, -0.15) is 0 Å². The quantitative estimate of drug-likeness (QED) is 0.416. The van der Waals surface area contributed by atoms with Crippen molar-refractivity contribution in [2.75, 3.05) is 5.32 Å². The first kappa shape index (κ1) is 19.4. The minimum Gasteiger partial charge on any atom is -0.505 e. The van der Waals surface area contributed by atoms with E-state index in [1.54, 1.807) is 12.4 Å². The first-order valence-electron chi connectivity index (χ1n) is 10.8. The Balaban J connectivity index is 1.51. The van der Waals surface area contributed by atoms with E-state index in [9.17, 15) is 5.11 Å². The number of ether oxygens (including phenoxy) is 1. The number of phenols is 1. The molecule has 0 saturated heterocycles. The van der Waals surface area contributed by atoms with Crippen LogP contribution >= 0.6 is 0 Å². The number of fused-ring (bicyclic) bond motifs is 1. The fourth-order valence-corrected chi connectivity index (χ4v) is 4.25. The van der Waals surface area contributed by atoms with Gasteiger partial charge < -0.3 is 15.2 Å². The molecule has 1 saturated carbocycles. The van der Waals surface area contributed by atoms with Crippen molar-refractivity contribution in [3.05, 3.63) is 90.3 Å². The molecule has 5 nitrogen and oxygen atoms in total. The number of anilines is 1. The summed E-state index contributed by atoms with van der Waals surface area (Å²) in [5.74, 6) is 1.80. The second-order valence-corrected chi connectivity index (χ2v) is 7.96. The van der Waals surface area contributed by atoms with E-state index in [0.717, 1.165) is 40.9 Å². The molecule has 1 atom stereocenters. The Labute approximate surface area is 181 Å². The minimum atomic E-state index is -0.290. The molecule has 0 bridgehead atoms. The predicted octanol–water partition coefficient (Wildman–Crippen LogP) is 5.86. The highest BCUT2D eigenvalue weighted by Crippen LogP contribution is 2.36. The smallest absolute Gasteiger partial charge is 0.147 e. The molecule has 1 fully saturated rings. The Morgan fingerprint density at radius 2 is 1.68 bits per heavy atom. The molecule has 2 heterocycles. The third-order valence-electron chi connectivity index (χ3n) is 5.87. The number of nitrogens with zero attached hydrogens (tertiary/aromatic N) is 2. The molecule has 2 N–H and O–H groups in total. The lowest BCUT2D eigenvalue weighted by Gasteiger charge is -2.22. The van der Waals surface area contributed by atoms with Gasteiger partial charge in [-0.15, -0.1) is 0 Å². The van der Waals surface area contributed by atoms with Gasteiger partial charge in [-0.05, 0) is 61.6 Å². The van der Waals surface area contributed by atoms with Gasteiger partial charge in [0.25, 0.3) is 0 Å². The summed E-state index contributed by atoms with van der Waals surface area (Å²) in [4.78, 5) is 8.80. The number of aromatic hydroxyl groups is 1. The highest BCUT2D eigenvalue weighted by Gasteiger charge is 2.21. The molecule has 0 amide bonds. The summed E-state index contributed by atoms with van der Waals surface area (Å²) < 4.78 is 6.12. The molecule has 5 rings (SSSR count). The van der Waals surface area contributed by atoms with Gasteiger partial charge in [-0.3, -0.25) is 4.98 Å². The molecule has 1 aliphatic rings. The van der Waals surface area contributed by atoms with Crippen molar-refractivity contribution >= 4 is 16.7 Å². The van der Waals surface area contributed by atoms with E-state index < -0.39 is 0 Å². The second kappa shape index (κ2) is 8.64. The fourth-order valence-electron chi connectivity index (χ4n) is 4.25. The van der Waals surface area contributed by atoms with E-state index in [1.165, 1.54) is 12.8 Å². The van der Waals surface area contributed by atoms with Crippen LogP contribution in [0, 0.1) is 0 Å². The van der Waals surface area contributed by atoms with Gasteiger partial charge in [-0.25, -0.2) is 4.98 Å². The lowest BCUT2D eigenvalue weighted by molar-refractivity contribution is 0.210. The van der Waals surface area contributed by atoms with E-state index >= 15 is 0 Å². The van der Waals surface area contributed by atoms with Crippen molar-refractivity contribution in [3.8, 4) is 11.5 Å². The number of phenolic OH excluding ortho intramolecular Hbond substituents is 1. The van der Waals surface area contributed by atoms with Crippen molar-refractivity contribution in [1.82, 2.24) is 9.97 Å². The molecule has 0 radical (unpaired) electrons. The van der Waals surface area contributed by atoms with Crippen molar-refractivity contribution < 1.29 is 9.84 Å². The van der Waals surface area contributed by atoms with Crippen LogP contribution in [0.2, 0.25) is 0 Å². The summed E-state index contributed by atoms with van der Waals surface area (Å²) in [7, 11) is 0. The number of rotatable bonds is 6. The Morgan fingerprint density at radius 3 is 2.45 bits per heavy atom. The number of benzene rings is 2. The summed E-state index contributed by atoms with van der Waals surface area (Å²) in [5, 5.41) is 15.4. The maximum absolute atomic E-state index is 11.1. The number of hydrogen-bond donors (Lipinski definition) is 2. The summed E-state index contributed by atoms with van der Waals surface area (Å²) in [6, 6.07) is 21.3. The molecule has 4 aromatic rings. The topological polar surface area (TPSA) is 67.3 Å². The van der Waals surface area contributed by atoms with Crippen molar-refractivity contribution in [2.24, 2.45) is 0 Å². The van der Waals surface area contributed by atoms with Crippen LogP contribution in [0.3, 0.4) is 0 Å². The van der Waals surface area contributed by atoms with Crippen LogP contribution in [-0.2, 0) is 0 Å². The number of hydrogen-bond acceptors (Lipinski definition) is 5. The molecule has 2 aromatic heterocycles. The van der Waals surface area contributed by atoms with E-state index in [2.05, 4.69) is 15.3 Å². The monoisotopic (exact) mass is 411 g/mol. The Kier molecular flexibility index (Phi) is 5.40. The molecule has 156 valence electrons. The summed E-state index contributed by atoms with van der Waals surface area (Å²) in [6.45, 7) is 0. The highest BCUT2D eigenvalue weighted by molar-refractivity contribution is 5.86. The van der Waals surface area contributed by atoms with E-state index in [4.69, 9.17) is 4.74 Å². The van der Waals surface area contributed by atoms with Gasteiger partial charge in [-0.1, -0.05) is 36.4 Å². The summed E-state index contributed by atoms with van der Waals surface area (Å²) in [5.41, 5.74) is 2.35. The fraction of sp³-hybridized carbons (Fsp3) is 0.231. The minimum absolute atomic E-state index is 0.179. The summed E-state index contributed by atoms with van der Waals surface area (Å²) >= 11 is 0. The molecule has 2 aromatic carbocycles.